The number of hydrogen-bond donors (Lipinski definition) is 2. The van der Waals surface area contributed by atoms with Gasteiger partial charge in [0.2, 0.25) is 17.7 Å². The van der Waals surface area contributed by atoms with Crippen LogP contribution in [0.2, 0.25) is 0 Å². The van der Waals surface area contributed by atoms with Gasteiger partial charge >= 0.3 is 0 Å². The van der Waals surface area contributed by atoms with Gasteiger partial charge in [-0.25, -0.2) is 4.98 Å². The molecule has 0 radical (unpaired) electrons. The Labute approximate surface area is 223 Å². The van der Waals surface area contributed by atoms with Crippen LogP contribution in [0.1, 0.15) is 24.9 Å². The summed E-state index contributed by atoms with van der Waals surface area (Å²) in [5.74, 6) is -0.827. The van der Waals surface area contributed by atoms with E-state index in [0.29, 0.717) is 42.6 Å². The highest BCUT2D eigenvalue weighted by molar-refractivity contribution is 5.83. The van der Waals surface area contributed by atoms with E-state index in [9.17, 15) is 29.3 Å². The van der Waals surface area contributed by atoms with Gasteiger partial charge in [-0.05, 0) is 23.8 Å². The molecule has 3 aromatic rings. The number of aromatic nitrogens is 2. The van der Waals surface area contributed by atoms with Crippen molar-refractivity contribution in [2.24, 2.45) is 0 Å². The first-order valence-corrected chi connectivity index (χ1v) is 12.4. The third-order valence-corrected chi connectivity index (χ3v) is 6.72. The number of hydrogen-bond acceptors (Lipinski definition) is 8. The van der Waals surface area contributed by atoms with Gasteiger partial charge in [-0.1, -0.05) is 12.1 Å². The summed E-state index contributed by atoms with van der Waals surface area (Å²) in [6.07, 6.45) is 1.21. The van der Waals surface area contributed by atoms with Crippen LogP contribution in [0.15, 0.2) is 53.6 Å². The van der Waals surface area contributed by atoms with Gasteiger partial charge in [0.05, 0.1) is 34.6 Å². The van der Waals surface area contributed by atoms with Crippen LogP contribution in [0.4, 0.5) is 11.4 Å². The molecule has 0 saturated carbocycles. The summed E-state index contributed by atoms with van der Waals surface area (Å²) in [7, 11) is 1.47. The fraction of sp³-hybridized carbons (Fsp3) is 0.346. The van der Waals surface area contributed by atoms with E-state index in [1.807, 2.05) is 6.07 Å². The average Bonchev–Trinajstić information content (AvgIpc) is 2.94. The number of anilines is 1. The number of carbonyl (C=O) groups is 3. The maximum Gasteiger partial charge on any atom is 0.269 e. The van der Waals surface area contributed by atoms with Crippen LogP contribution >= 0.6 is 0 Å². The maximum atomic E-state index is 13.3. The number of amides is 3. The first-order chi connectivity index (χ1) is 18.7. The molecule has 1 aliphatic heterocycles. The number of carbonyl (C=O) groups excluding carboxylic acids is 3. The molecule has 0 bridgehead atoms. The normalized spacial score (nSPS) is 14.1. The lowest BCUT2D eigenvalue weighted by Gasteiger charge is -2.35. The quantitative estimate of drug-likeness (QED) is 0.319. The number of rotatable bonds is 8. The summed E-state index contributed by atoms with van der Waals surface area (Å²) >= 11 is 0. The van der Waals surface area contributed by atoms with Crippen molar-refractivity contribution in [1.29, 1.82) is 0 Å². The second kappa shape index (κ2) is 11.7. The number of nitro benzene ring substituents is 1. The van der Waals surface area contributed by atoms with Crippen LogP contribution in [-0.4, -0.2) is 70.3 Å². The Bertz CT molecular complexity index is 1460. The van der Waals surface area contributed by atoms with Crippen molar-refractivity contribution in [1.82, 2.24) is 25.1 Å². The molecule has 1 aliphatic rings. The van der Waals surface area contributed by atoms with Gasteiger partial charge < -0.3 is 20.4 Å². The topological polar surface area (TPSA) is 160 Å². The summed E-state index contributed by atoms with van der Waals surface area (Å²) < 4.78 is 1.20. The Morgan fingerprint density at radius 1 is 1.05 bits per heavy atom. The Kier molecular flexibility index (Phi) is 8.18. The molecule has 2 aromatic carbocycles. The van der Waals surface area contributed by atoms with E-state index in [2.05, 4.69) is 20.5 Å². The number of nitrogens with one attached hydrogen (secondary N) is 2. The van der Waals surface area contributed by atoms with Gasteiger partial charge in [-0.2, -0.15) is 0 Å². The van der Waals surface area contributed by atoms with Gasteiger partial charge in [0.1, 0.15) is 6.54 Å². The molecule has 1 fully saturated rings. The van der Waals surface area contributed by atoms with Crippen LogP contribution < -0.4 is 21.1 Å². The van der Waals surface area contributed by atoms with E-state index in [1.165, 1.54) is 42.2 Å². The zero-order valence-electron chi connectivity index (χ0n) is 21.6. The molecule has 0 aliphatic carbocycles. The Morgan fingerprint density at radius 2 is 1.74 bits per heavy atom. The third kappa shape index (κ3) is 6.37. The van der Waals surface area contributed by atoms with Gasteiger partial charge in [0.15, 0.2) is 0 Å². The van der Waals surface area contributed by atoms with Crippen LogP contribution in [0.5, 0.6) is 0 Å². The van der Waals surface area contributed by atoms with Crippen molar-refractivity contribution >= 4 is 40.0 Å². The van der Waals surface area contributed by atoms with Crippen molar-refractivity contribution in [2.75, 3.05) is 38.1 Å². The largest absolute Gasteiger partial charge is 0.368 e. The average molecular weight is 536 g/mol. The molecule has 13 nitrogen and oxygen atoms in total. The molecule has 39 heavy (non-hydrogen) atoms. The van der Waals surface area contributed by atoms with E-state index in [4.69, 9.17) is 0 Å². The second-order valence-corrected chi connectivity index (χ2v) is 9.22. The fourth-order valence-electron chi connectivity index (χ4n) is 4.50. The molecule has 204 valence electrons. The smallest absolute Gasteiger partial charge is 0.269 e. The molecule has 2 N–H and O–H groups in total. The van der Waals surface area contributed by atoms with E-state index in [1.54, 1.807) is 24.0 Å². The molecule has 1 aromatic heterocycles. The highest BCUT2D eigenvalue weighted by Gasteiger charge is 2.21. The summed E-state index contributed by atoms with van der Waals surface area (Å²) in [4.78, 5) is 68.5. The molecule has 2 heterocycles. The molecule has 3 amide bonds. The molecular formula is C26H29N7O6. The number of nitrogens with zero attached hydrogens (tertiary/aromatic N) is 5. The van der Waals surface area contributed by atoms with Gasteiger partial charge in [-0.3, -0.25) is 33.9 Å². The van der Waals surface area contributed by atoms with E-state index in [0.717, 1.165) is 5.69 Å². The summed E-state index contributed by atoms with van der Waals surface area (Å²) in [6.45, 7) is 3.67. The summed E-state index contributed by atoms with van der Waals surface area (Å²) in [5.41, 5.74) is 1.33. The third-order valence-electron chi connectivity index (χ3n) is 6.72. The first kappa shape index (κ1) is 27.2. The van der Waals surface area contributed by atoms with Gasteiger partial charge in [0, 0.05) is 58.0 Å². The lowest BCUT2D eigenvalue weighted by atomic mass is 10.0. The van der Waals surface area contributed by atoms with E-state index >= 15 is 0 Å². The van der Waals surface area contributed by atoms with Crippen molar-refractivity contribution in [3.63, 3.8) is 0 Å². The minimum absolute atomic E-state index is 0.0321. The Hall–Kier alpha value is -4.81. The number of benzene rings is 2. The summed E-state index contributed by atoms with van der Waals surface area (Å²) in [6, 6.07) is 10.2. The van der Waals surface area contributed by atoms with Crippen molar-refractivity contribution in [3.8, 4) is 0 Å². The Balaban J connectivity index is 1.52. The molecule has 4 rings (SSSR count). The highest BCUT2D eigenvalue weighted by atomic mass is 16.6. The lowest BCUT2D eigenvalue weighted by Crippen LogP contribution is -2.48. The van der Waals surface area contributed by atoms with Crippen molar-refractivity contribution in [2.45, 2.75) is 25.9 Å². The number of non-ortho nitro benzene ring substituents is 1. The minimum Gasteiger partial charge on any atom is -0.368 e. The minimum atomic E-state index is -0.761. The number of piperazine rings is 1. The molecule has 1 unspecified atom stereocenters. The second-order valence-electron chi connectivity index (χ2n) is 9.22. The lowest BCUT2D eigenvalue weighted by molar-refractivity contribution is -0.384. The zero-order chi connectivity index (χ0) is 28.1. The predicted octanol–water partition coefficient (Wildman–Crippen LogP) is 0.967. The highest BCUT2D eigenvalue weighted by Crippen LogP contribution is 2.22. The SMILES string of the molecule is CNC(=O)CC(NC(=O)Cn1cnc2ccc(N3CCN(C(C)=O)CC3)cc2c1=O)c1ccc([N+](=O)[O-])cc1. The molecule has 1 saturated heterocycles. The number of nitro groups is 1. The predicted molar refractivity (Wildman–Crippen MR) is 143 cm³/mol. The standard InChI is InChI=1S/C26H29N7O6/c1-17(34)30-9-11-31(12-10-30)20-7-8-22-21(13-20)26(37)32(16-28-22)15-25(36)29-23(14-24(35)27-2)18-3-5-19(6-4-18)33(38)39/h3-8,13,16,23H,9-12,14-15H2,1-2H3,(H,27,35)(H,29,36). The molecule has 0 spiro atoms. The van der Waals surface area contributed by atoms with Crippen LogP contribution in [-0.2, 0) is 20.9 Å². The van der Waals surface area contributed by atoms with Crippen molar-refractivity contribution in [3.05, 3.63) is 74.8 Å². The van der Waals surface area contributed by atoms with Crippen LogP contribution in [0.25, 0.3) is 10.9 Å². The van der Waals surface area contributed by atoms with Crippen molar-refractivity contribution < 1.29 is 19.3 Å². The zero-order valence-corrected chi connectivity index (χ0v) is 21.6. The molecule has 13 heteroatoms. The number of fused-ring (bicyclic) bond motifs is 1. The Morgan fingerprint density at radius 3 is 2.36 bits per heavy atom. The van der Waals surface area contributed by atoms with Gasteiger partial charge in [-0.15, -0.1) is 0 Å². The van der Waals surface area contributed by atoms with Crippen LogP contribution in [0, 0.1) is 10.1 Å². The van der Waals surface area contributed by atoms with E-state index < -0.39 is 22.4 Å². The van der Waals surface area contributed by atoms with Gasteiger partial charge in [0.25, 0.3) is 11.2 Å². The maximum absolute atomic E-state index is 13.3. The molecular weight excluding hydrogens is 506 g/mol. The monoisotopic (exact) mass is 535 g/mol. The van der Waals surface area contributed by atoms with E-state index in [-0.39, 0.29) is 30.5 Å². The first-order valence-electron chi connectivity index (χ1n) is 12.4. The summed E-state index contributed by atoms with van der Waals surface area (Å²) in [5, 5.41) is 16.6. The molecule has 1 atom stereocenters. The fourth-order valence-corrected chi connectivity index (χ4v) is 4.50. The van der Waals surface area contributed by atoms with Crippen LogP contribution in [0.3, 0.4) is 0 Å².